The second-order valence-electron chi connectivity index (χ2n) is 7.08. The van der Waals surface area contributed by atoms with Crippen LogP contribution in [0.15, 0.2) is 4.99 Å². The molecule has 0 fully saturated rings. The van der Waals surface area contributed by atoms with Gasteiger partial charge in [-0.05, 0) is 51.5 Å². The van der Waals surface area contributed by atoms with Crippen LogP contribution in [0.2, 0.25) is 0 Å². The molecule has 0 aromatic rings. The number of guanidine groups is 1. The summed E-state index contributed by atoms with van der Waals surface area (Å²) in [4.78, 5) is 16.2. The highest BCUT2D eigenvalue weighted by molar-refractivity contribution is 14.0. The molecular formula is C17H37IN4O2S. The van der Waals surface area contributed by atoms with Crippen LogP contribution in [0.3, 0.4) is 0 Å². The zero-order valence-corrected chi connectivity index (χ0v) is 19.9. The van der Waals surface area contributed by atoms with Crippen molar-refractivity contribution in [3.05, 3.63) is 0 Å². The van der Waals surface area contributed by atoms with Gasteiger partial charge in [0.1, 0.15) is 5.60 Å². The van der Waals surface area contributed by atoms with E-state index < -0.39 is 5.60 Å². The number of alkyl carbamates (subject to hydrolysis) is 1. The Kier molecular flexibility index (Phi) is 15.8. The van der Waals surface area contributed by atoms with E-state index in [1.165, 1.54) is 12.2 Å². The van der Waals surface area contributed by atoms with Gasteiger partial charge in [0.15, 0.2) is 5.96 Å². The molecule has 0 radical (unpaired) electrons. The summed E-state index contributed by atoms with van der Waals surface area (Å²) in [6.45, 7) is 11.2. The minimum atomic E-state index is -0.493. The van der Waals surface area contributed by atoms with Crippen molar-refractivity contribution < 1.29 is 9.53 Å². The van der Waals surface area contributed by atoms with Gasteiger partial charge < -0.3 is 20.7 Å². The van der Waals surface area contributed by atoms with E-state index in [0.29, 0.717) is 6.54 Å². The van der Waals surface area contributed by atoms with Crippen molar-refractivity contribution in [3.63, 3.8) is 0 Å². The third kappa shape index (κ3) is 15.6. The summed E-state index contributed by atoms with van der Waals surface area (Å²) in [7, 11) is 1.75. The second-order valence-corrected chi connectivity index (χ2v) is 8.06. The Hall–Kier alpha value is -0.380. The number of carbonyl (C=O) groups excluding carboxylic acids is 1. The Morgan fingerprint density at radius 1 is 1.20 bits per heavy atom. The summed E-state index contributed by atoms with van der Waals surface area (Å²) in [6.07, 6.45) is 4.05. The Labute approximate surface area is 175 Å². The average molecular weight is 488 g/mol. The van der Waals surface area contributed by atoms with Gasteiger partial charge in [-0.1, -0.05) is 13.8 Å². The van der Waals surface area contributed by atoms with Crippen LogP contribution in [-0.4, -0.2) is 55.8 Å². The molecule has 0 aliphatic heterocycles. The monoisotopic (exact) mass is 488 g/mol. The lowest BCUT2D eigenvalue weighted by Gasteiger charge is -2.26. The molecule has 150 valence electrons. The zero-order chi connectivity index (χ0) is 18.6. The second kappa shape index (κ2) is 14.8. The van der Waals surface area contributed by atoms with Crippen molar-refractivity contribution in [2.45, 2.75) is 59.1 Å². The molecule has 1 unspecified atom stereocenters. The lowest BCUT2D eigenvalue weighted by atomic mass is 10.0. The molecule has 3 N–H and O–H groups in total. The summed E-state index contributed by atoms with van der Waals surface area (Å²) in [5.74, 6) is 2.23. The summed E-state index contributed by atoms with van der Waals surface area (Å²) in [5, 5.41) is 9.50. The van der Waals surface area contributed by atoms with Gasteiger partial charge in [-0.25, -0.2) is 4.79 Å². The molecule has 0 spiro atoms. The highest BCUT2D eigenvalue weighted by Crippen LogP contribution is 2.08. The van der Waals surface area contributed by atoms with E-state index >= 15 is 0 Å². The molecule has 1 amide bonds. The number of thioether (sulfide) groups is 1. The van der Waals surface area contributed by atoms with Crippen LogP contribution in [0.4, 0.5) is 4.79 Å². The van der Waals surface area contributed by atoms with Gasteiger partial charge in [-0.2, -0.15) is 11.8 Å². The molecule has 6 nitrogen and oxygen atoms in total. The van der Waals surface area contributed by atoms with Gasteiger partial charge in [0.2, 0.25) is 0 Å². The van der Waals surface area contributed by atoms with E-state index in [1.54, 1.807) is 7.05 Å². The highest BCUT2D eigenvalue weighted by atomic mass is 127. The van der Waals surface area contributed by atoms with Crippen molar-refractivity contribution in [3.8, 4) is 0 Å². The number of unbranched alkanes of at least 4 members (excludes halogenated alkanes) is 1. The van der Waals surface area contributed by atoms with Crippen LogP contribution >= 0.6 is 35.7 Å². The first-order valence-electron chi connectivity index (χ1n) is 8.62. The third-order valence-electron chi connectivity index (χ3n) is 3.29. The van der Waals surface area contributed by atoms with Gasteiger partial charge in [-0.3, -0.25) is 4.99 Å². The number of hydrogen-bond acceptors (Lipinski definition) is 4. The minimum Gasteiger partial charge on any atom is -0.444 e. The van der Waals surface area contributed by atoms with Crippen LogP contribution in [0.1, 0.15) is 47.5 Å². The minimum absolute atomic E-state index is 0. The van der Waals surface area contributed by atoms with Crippen molar-refractivity contribution in [1.82, 2.24) is 16.0 Å². The summed E-state index contributed by atoms with van der Waals surface area (Å²) < 4.78 is 5.33. The fraction of sp³-hybridized carbons (Fsp3) is 0.882. The summed E-state index contributed by atoms with van der Waals surface area (Å²) in [5.41, 5.74) is -0.493. The lowest BCUT2D eigenvalue weighted by Crippen LogP contribution is -2.50. The summed E-state index contributed by atoms with van der Waals surface area (Å²) in [6, 6.07) is -0.0325. The molecule has 8 heteroatoms. The Balaban J connectivity index is 0. The van der Waals surface area contributed by atoms with E-state index in [4.69, 9.17) is 4.74 Å². The van der Waals surface area contributed by atoms with Crippen molar-refractivity contribution in [1.29, 1.82) is 0 Å². The third-order valence-corrected chi connectivity index (χ3v) is 3.98. The molecule has 0 saturated carbocycles. The number of nitrogens with zero attached hydrogens (tertiary/aromatic N) is 1. The smallest absolute Gasteiger partial charge is 0.407 e. The molecule has 0 aliphatic rings. The molecule has 0 aromatic carbocycles. The van der Waals surface area contributed by atoms with Gasteiger partial charge in [0.25, 0.3) is 0 Å². The maximum absolute atomic E-state index is 12.0. The molecule has 0 saturated heterocycles. The van der Waals surface area contributed by atoms with Crippen LogP contribution in [0.5, 0.6) is 0 Å². The first kappa shape index (κ1) is 26.8. The van der Waals surface area contributed by atoms with E-state index in [1.807, 2.05) is 32.5 Å². The number of amides is 1. The van der Waals surface area contributed by atoms with Gasteiger partial charge >= 0.3 is 6.09 Å². The number of ether oxygens (including phenoxy) is 1. The first-order chi connectivity index (χ1) is 11.2. The normalized spacial score (nSPS) is 13.0. The lowest BCUT2D eigenvalue weighted by molar-refractivity contribution is 0.0491. The largest absolute Gasteiger partial charge is 0.444 e. The van der Waals surface area contributed by atoms with Crippen molar-refractivity contribution >= 4 is 47.8 Å². The summed E-state index contributed by atoms with van der Waals surface area (Å²) >= 11 is 1.87. The predicted molar refractivity (Wildman–Crippen MR) is 120 cm³/mol. The Bertz CT molecular complexity index is 387. The Morgan fingerprint density at radius 3 is 2.32 bits per heavy atom. The van der Waals surface area contributed by atoms with Crippen LogP contribution < -0.4 is 16.0 Å². The fourth-order valence-corrected chi connectivity index (χ4v) is 2.41. The van der Waals surface area contributed by atoms with E-state index in [2.05, 4.69) is 41.0 Å². The fourth-order valence-electron chi connectivity index (χ4n) is 1.92. The molecule has 0 heterocycles. The van der Waals surface area contributed by atoms with Crippen LogP contribution in [0.25, 0.3) is 0 Å². The van der Waals surface area contributed by atoms with Gasteiger partial charge in [0.05, 0.1) is 6.04 Å². The number of hydrogen-bond donors (Lipinski definition) is 3. The number of aliphatic imine (C=N–C) groups is 1. The van der Waals surface area contributed by atoms with Crippen LogP contribution in [0, 0.1) is 5.92 Å². The molecule has 0 rings (SSSR count). The number of rotatable bonds is 9. The molecule has 1 atom stereocenters. The van der Waals surface area contributed by atoms with Gasteiger partial charge in [-0.15, -0.1) is 24.0 Å². The number of nitrogens with one attached hydrogen (secondary N) is 3. The number of halogens is 1. The molecule has 25 heavy (non-hydrogen) atoms. The van der Waals surface area contributed by atoms with Crippen molar-refractivity contribution in [2.24, 2.45) is 10.9 Å². The first-order valence-corrected chi connectivity index (χ1v) is 10.0. The maximum Gasteiger partial charge on any atom is 0.407 e. The van der Waals surface area contributed by atoms with Crippen LogP contribution in [-0.2, 0) is 4.74 Å². The zero-order valence-electron chi connectivity index (χ0n) is 16.8. The quantitative estimate of drug-likeness (QED) is 0.201. The van der Waals surface area contributed by atoms with E-state index in [9.17, 15) is 4.79 Å². The molecule has 0 aliphatic carbocycles. The molecule has 0 bridgehead atoms. The highest BCUT2D eigenvalue weighted by Gasteiger charge is 2.21. The maximum atomic E-state index is 12.0. The molecular weight excluding hydrogens is 451 g/mol. The van der Waals surface area contributed by atoms with Gasteiger partial charge in [0, 0.05) is 20.1 Å². The predicted octanol–water partition coefficient (Wildman–Crippen LogP) is 3.46. The molecule has 0 aromatic heterocycles. The van der Waals surface area contributed by atoms with E-state index in [0.717, 1.165) is 18.9 Å². The topological polar surface area (TPSA) is 74.8 Å². The number of carbonyl (C=O) groups is 1. The standard InChI is InChI=1S/C17H36N4O2S.HI/c1-13(2)14(21-16(22)23-17(3,4)5)12-20-15(18-6)19-10-8-9-11-24-7;/h13-14H,8-12H2,1-7H3,(H,21,22)(H2,18,19,20);1H. The average Bonchev–Trinajstić information content (AvgIpc) is 2.46. The van der Waals surface area contributed by atoms with Crippen molar-refractivity contribution in [2.75, 3.05) is 32.1 Å². The van der Waals surface area contributed by atoms with E-state index in [-0.39, 0.29) is 42.0 Å². The Morgan fingerprint density at radius 2 is 1.84 bits per heavy atom. The SMILES string of the molecule is CN=C(NCCCCSC)NCC(NC(=O)OC(C)(C)C)C(C)C.I.